The number of rotatable bonds is 8. The third-order valence-corrected chi connectivity index (χ3v) is 4.99. The Morgan fingerprint density at radius 1 is 1.38 bits per heavy atom. The molecule has 0 bridgehead atoms. The highest BCUT2D eigenvalue weighted by atomic mass is 16.7. The number of hydrogen-bond donors (Lipinski definition) is 2. The average molecular weight is 446 g/mol. The first-order valence-electron chi connectivity index (χ1n) is 9.83. The van der Waals surface area contributed by atoms with Crippen molar-refractivity contribution in [2.75, 3.05) is 19.9 Å². The van der Waals surface area contributed by atoms with Crippen molar-refractivity contribution in [2.24, 2.45) is 0 Å². The molecule has 2 N–H and O–H groups in total. The van der Waals surface area contributed by atoms with Crippen LogP contribution in [0.25, 0.3) is 10.9 Å². The molecule has 1 aromatic carbocycles. The number of nitrogens with one attached hydrogen (secondary N) is 1. The quantitative estimate of drug-likeness (QED) is 0.255. The molecule has 0 aliphatic carbocycles. The Morgan fingerprint density at radius 3 is 2.84 bits per heavy atom. The number of aliphatic hydroxyl groups excluding tert-OH is 1. The molecule has 0 unspecified atom stereocenters. The number of amides is 2. The Hall–Kier alpha value is -3.80. The highest BCUT2D eigenvalue weighted by Gasteiger charge is 2.38. The zero-order valence-corrected chi connectivity index (χ0v) is 17.2. The van der Waals surface area contributed by atoms with Crippen LogP contribution < -0.4 is 10.1 Å². The molecule has 2 amide bonds. The van der Waals surface area contributed by atoms with Crippen LogP contribution in [0, 0.1) is 10.1 Å². The largest absolute Gasteiger partial charge is 0.455 e. The highest BCUT2D eigenvalue weighted by molar-refractivity contribution is 5.92. The summed E-state index contributed by atoms with van der Waals surface area (Å²) in [6.45, 7) is 0.419. The molecule has 2 atom stereocenters. The maximum absolute atomic E-state index is 12.6. The fraction of sp³-hybridized carbons (Fsp3) is 0.400. The Bertz CT molecular complexity index is 1040. The van der Waals surface area contributed by atoms with Gasteiger partial charge in [0.1, 0.15) is 23.3 Å². The van der Waals surface area contributed by atoms with Crippen LogP contribution in [-0.4, -0.2) is 69.7 Å². The minimum absolute atomic E-state index is 0.129. The van der Waals surface area contributed by atoms with Crippen LogP contribution in [0.1, 0.15) is 19.8 Å². The second-order valence-electron chi connectivity index (χ2n) is 7.09. The molecule has 3 rings (SSSR count). The van der Waals surface area contributed by atoms with Gasteiger partial charge in [-0.05, 0) is 31.0 Å². The minimum Gasteiger partial charge on any atom is -0.455 e. The fourth-order valence-electron chi connectivity index (χ4n) is 3.56. The first kappa shape index (κ1) is 22.9. The van der Waals surface area contributed by atoms with E-state index in [9.17, 15) is 29.6 Å². The Labute approximate surface area is 182 Å². The predicted octanol–water partition coefficient (Wildman–Crippen LogP) is 0.511. The molecule has 1 aromatic heterocycles. The maximum Gasteiger partial charge on any atom is 0.331 e. The van der Waals surface area contributed by atoms with Crippen molar-refractivity contribution in [3.8, 4) is 5.75 Å². The van der Waals surface area contributed by atoms with Gasteiger partial charge in [-0.15, -0.1) is 0 Å². The van der Waals surface area contributed by atoms with Crippen molar-refractivity contribution in [2.45, 2.75) is 31.8 Å². The van der Waals surface area contributed by atoms with E-state index in [0.29, 0.717) is 12.8 Å². The van der Waals surface area contributed by atoms with E-state index < -0.39 is 48.2 Å². The van der Waals surface area contributed by atoms with E-state index in [1.807, 2.05) is 0 Å². The van der Waals surface area contributed by atoms with Gasteiger partial charge >= 0.3 is 5.97 Å². The van der Waals surface area contributed by atoms with E-state index in [1.165, 1.54) is 36.2 Å². The van der Waals surface area contributed by atoms with E-state index in [-0.39, 0.29) is 28.9 Å². The lowest BCUT2D eigenvalue weighted by molar-refractivity contribution is -0.383. The topological polar surface area (TPSA) is 161 Å². The van der Waals surface area contributed by atoms with Gasteiger partial charge in [0, 0.05) is 25.7 Å². The summed E-state index contributed by atoms with van der Waals surface area (Å²) < 4.78 is 10.6. The predicted molar refractivity (Wildman–Crippen MR) is 109 cm³/mol. The lowest BCUT2D eigenvalue weighted by atomic mass is 10.1. The zero-order chi connectivity index (χ0) is 23.3. The molecule has 2 aromatic rings. The van der Waals surface area contributed by atoms with Crippen LogP contribution in [0.2, 0.25) is 0 Å². The molecule has 12 heteroatoms. The second kappa shape index (κ2) is 10.0. The average Bonchev–Trinajstić information content (AvgIpc) is 3.26. The Balaban J connectivity index is 1.65. The summed E-state index contributed by atoms with van der Waals surface area (Å²) in [5, 5.41) is 23.2. The summed E-state index contributed by atoms with van der Waals surface area (Å²) in [6, 6.07) is 3.72. The second-order valence-corrected chi connectivity index (χ2v) is 7.09. The number of aromatic nitrogens is 1. The number of pyridine rings is 1. The van der Waals surface area contributed by atoms with Crippen LogP contribution in [0.4, 0.5) is 5.69 Å². The number of nitro groups is 1. The van der Waals surface area contributed by atoms with Crippen molar-refractivity contribution in [1.29, 1.82) is 0 Å². The van der Waals surface area contributed by atoms with Gasteiger partial charge in [0.15, 0.2) is 0 Å². The molecule has 0 saturated carbocycles. The third kappa shape index (κ3) is 4.91. The number of likely N-dealkylation sites (tertiary alicyclic amines) is 1. The van der Waals surface area contributed by atoms with Gasteiger partial charge in [0.2, 0.25) is 18.6 Å². The molecule has 32 heavy (non-hydrogen) atoms. The number of aliphatic hydroxyl groups is 1. The van der Waals surface area contributed by atoms with Crippen molar-refractivity contribution in [3.63, 3.8) is 0 Å². The highest BCUT2D eigenvalue weighted by Crippen LogP contribution is 2.31. The Morgan fingerprint density at radius 2 is 2.16 bits per heavy atom. The lowest BCUT2D eigenvalue weighted by Gasteiger charge is -2.27. The summed E-state index contributed by atoms with van der Waals surface area (Å²) in [4.78, 5) is 52.4. The van der Waals surface area contributed by atoms with Gasteiger partial charge in [-0.3, -0.25) is 24.7 Å². The van der Waals surface area contributed by atoms with Crippen LogP contribution >= 0.6 is 0 Å². The Kier molecular flexibility index (Phi) is 7.15. The molecular formula is C20H22N4O8. The number of fused-ring (bicyclic) bond motifs is 1. The summed E-state index contributed by atoms with van der Waals surface area (Å²) in [5.74, 6) is -1.56. The van der Waals surface area contributed by atoms with Crippen LogP contribution in [0.5, 0.6) is 5.75 Å². The lowest BCUT2D eigenvalue weighted by Crippen LogP contribution is -2.53. The van der Waals surface area contributed by atoms with Gasteiger partial charge in [-0.25, -0.2) is 4.79 Å². The smallest absolute Gasteiger partial charge is 0.331 e. The zero-order valence-electron chi connectivity index (χ0n) is 17.2. The van der Waals surface area contributed by atoms with E-state index in [1.54, 1.807) is 6.07 Å². The van der Waals surface area contributed by atoms with Gasteiger partial charge in [-0.1, -0.05) is 0 Å². The summed E-state index contributed by atoms with van der Waals surface area (Å²) in [5.41, 5.74) is 0.117. The minimum atomic E-state index is -1.14. The molecular weight excluding hydrogens is 424 g/mol. The molecule has 0 spiro atoms. The van der Waals surface area contributed by atoms with Gasteiger partial charge in [-0.2, -0.15) is 0 Å². The first-order valence-corrected chi connectivity index (χ1v) is 9.83. The molecule has 12 nitrogen and oxygen atoms in total. The number of non-ortho nitro benzene ring substituents is 1. The number of carbonyl (C=O) groups excluding carboxylic acids is 3. The number of hydrogen-bond acceptors (Lipinski definition) is 9. The number of nitro benzene ring substituents is 1. The summed E-state index contributed by atoms with van der Waals surface area (Å²) in [7, 11) is 0. The normalized spacial score (nSPS) is 16.4. The number of nitrogens with zero attached hydrogens (tertiary/aromatic N) is 3. The summed E-state index contributed by atoms with van der Waals surface area (Å²) >= 11 is 0. The van der Waals surface area contributed by atoms with Crippen molar-refractivity contribution in [1.82, 2.24) is 15.2 Å². The van der Waals surface area contributed by atoms with Crippen LogP contribution in [0.3, 0.4) is 0 Å². The third-order valence-electron chi connectivity index (χ3n) is 4.99. The van der Waals surface area contributed by atoms with E-state index >= 15 is 0 Å². The van der Waals surface area contributed by atoms with Crippen molar-refractivity contribution in [3.05, 3.63) is 40.6 Å². The van der Waals surface area contributed by atoms with Crippen LogP contribution in [0.15, 0.2) is 30.5 Å². The monoisotopic (exact) mass is 446 g/mol. The van der Waals surface area contributed by atoms with Crippen LogP contribution in [-0.2, 0) is 19.1 Å². The van der Waals surface area contributed by atoms with E-state index in [4.69, 9.17) is 9.47 Å². The number of carbonyl (C=O) groups is 3. The van der Waals surface area contributed by atoms with Gasteiger partial charge < -0.3 is 24.8 Å². The fourth-order valence-corrected chi connectivity index (χ4v) is 3.56. The number of ether oxygens (including phenoxy) is 2. The first-order chi connectivity index (χ1) is 15.3. The molecule has 0 radical (unpaired) electrons. The van der Waals surface area contributed by atoms with Crippen molar-refractivity contribution < 1.29 is 33.9 Å². The molecule has 1 saturated heterocycles. The summed E-state index contributed by atoms with van der Waals surface area (Å²) in [6.07, 6.45) is 2.38. The number of esters is 1. The molecule has 170 valence electrons. The number of benzene rings is 1. The van der Waals surface area contributed by atoms with Gasteiger partial charge in [0.05, 0.1) is 16.9 Å². The molecule has 1 aliphatic rings. The van der Waals surface area contributed by atoms with E-state index in [2.05, 4.69) is 10.3 Å². The van der Waals surface area contributed by atoms with Gasteiger partial charge in [0.25, 0.3) is 5.69 Å². The SMILES string of the molecule is CC(=O)N[C@@H](CO)C(=O)N1CCC[C@H]1C(=O)OCOc1ccc([N+](=O)[O-])c2cccnc12. The standard InChI is InChI=1S/C20H22N4O8/c1-12(26)22-14(10-25)19(27)23-9-3-5-16(23)20(28)32-11-31-17-7-6-15(24(29)30)13-4-2-8-21-18(13)17/h2,4,6-8,14,16,25H,3,5,9-11H2,1H3,(H,22,26)/t14-,16-/m0/s1. The molecule has 1 aliphatic heterocycles. The molecule has 2 heterocycles. The van der Waals surface area contributed by atoms with E-state index in [0.717, 1.165) is 0 Å². The van der Waals surface area contributed by atoms with Crippen molar-refractivity contribution >= 4 is 34.4 Å². The maximum atomic E-state index is 12.6. The molecule has 1 fully saturated rings.